The summed E-state index contributed by atoms with van der Waals surface area (Å²) in [5, 5.41) is 26.4. The van der Waals surface area contributed by atoms with Gasteiger partial charge >= 0.3 is 0 Å². The highest BCUT2D eigenvalue weighted by molar-refractivity contribution is 6.04. The average molecular weight is 547 g/mol. The van der Waals surface area contributed by atoms with Crippen LogP contribution < -0.4 is 10.6 Å². The van der Waals surface area contributed by atoms with Crippen LogP contribution in [0.15, 0.2) is 79.1 Å². The zero-order valence-electron chi connectivity index (χ0n) is 24.3. The Morgan fingerprint density at radius 2 is 1.88 bits per heavy atom. The fraction of sp³-hybridized carbons (Fsp3) is 0.273. The van der Waals surface area contributed by atoms with E-state index >= 15 is 0 Å². The lowest BCUT2D eigenvalue weighted by Crippen LogP contribution is -2.20. The minimum Gasteiger partial charge on any atom is -0.383 e. The van der Waals surface area contributed by atoms with Crippen LogP contribution in [0.1, 0.15) is 63.9 Å². The topological polar surface area (TPSA) is 91.5 Å². The summed E-state index contributed by atoms with van der Waals surface area (Å²) in [5.41, 5.74) is 5.16. The third kappa shape index (κ3) is 5.75. The van der Waals surface area contributed by atoms with Gasteiger partial charge in [-0.25, -0.2) is 9.07 Å². The molecule has 0 radical (unpaired) electrons. The number of anilines is 2. The van der Waals surface area contributed by atoms with E-state index in [-0.39, 0.29) is 11.2 Å². The summed E-state index contributed by atoms with van der Waals surface area (Å²) in [7, 11) is 0. The second-order valence-electron chi connectivity index (χ2n) is 11.7. The number of aromatic nitrogens is 4. The highest BCUT2D eigenvalue weighted by Gasteiger charge is 2.27. The number of nitriles is 1. The lowest BCUT2D eigenvalue weighted by atomic mass is 9.95. The Balaban J connectivity index is 1.55. The summed E-state index contributed by atoms with van der Waals surface area (Å²) >= 11 is 0. The second-order valence-corrected chi connectivity index (χ2v) is 11.7. The van der Waals surface area contributed by atoms with E-state index in [4.69, 9.17) is 4.98 Å². The van der Waals surface area contributed by atoms with E-state index in [0.717, 1.165) is 34.9 Å². The molecule has 206 valence electrons. The number of hydrogen-bond acceptors (Lipinski definition) is 6. The molecule has 5 aromatic rings. The molecule has 2 N–H and O–H groups in total. The monoisotopic (exact) mass is 546 g/mol. The summed E-state index contributed by atoms with van der Waals surface area (Å²) in [4.78, 5) is 4.72. The molecule has 6 rings (SSSR count). The number of nitrogens with one attached hydrogen (secondary N) is 2. The fourth-order valence-electron chi connectivity index (χ4n) is 4.80. The smallest absolute Gasteiger partial charge is 0.123 e. The quantitative estimate of drug-likeness (QED) is 0.209. The van der Waals surface area contributed by atoms with Gasteiger partial charge in [0.1, 0.15) is 17.6 Å². The molecule has 0 spiro atoms. The maximum absolute atomic E-state index is 14.0. The van der Waals surface area contributed by atoms with E-state index in [1.54, 1.807) is 29.2 Å². The molecule has 1 fully saturated rings. The third-order valence-electron chi connectivity index (χ3n) is 7.06. The van der Waals surface area contributed by atoms with Crippen molar-refractivity contribution < 1.29 is 5.76 Å². The average Bonchev–Trinajstić information content (AvgIpc) is 3.71. The Kier molecular flexibility index (Phi) is 6.56. The van der Waals surface area contributed by atoms with Crippen LogP contribution in [-0.2, 0) is 0 Å². The molecule has 0 amide bonds. The zero-order chi connectivity index (χ0) is 29.5. The molecule has 3 aromatic carbocycles. The van der Waals surface area contributed by atoms with Crippen LogP contribution >= 0.6 is 0 Å². The molecule has 1 aliphatic carbocycles. The summed E-state index contributed by atoms with van der Waals surface area (Å²) in [6.45, 7) is 7.03. The normalized spacial score (nSPS) is 15.1. The van der Waals surface area contributed by atoms with Gasteiger partial charge in [-0.1, -0.05) is 68.4 Å². The standard InChI is InChI=1S/C33H32FN7/c1-33(2,3)20-37-30-23(17-35)18-36-32-27(21-7-5-4-6-8-21)15-25(16-28(30)32)38-31(22-9-11-24(34)12-10-22)29-19-41(40-39-29)26-13-14-26/h4-12,15-16,18-19,26,31,38H,13-14,20H2,1-3H3,(H,36,37)/t31-/m1/s1/i31D. The Morgan fingerprint density at radius 3 is 2.56 bits per heavy atom. The molecule has 0 saturated heterocycles. The van der Waals surface area contributed by atoms with Crippen molar-refractivity contribution in [2.75, 3.05) is 17.2 Å². The van der Waals surface area contributed by atoms with E-state index in [1.165, 1.54) is 12.1 Å². The Morgan fingerprint density at radius 1 is 1.12 bits per heavy atom. The first-order chi connectivity index (χ1) is 20.1. The SMILES string of the molecule is [2H][C@@](Nc1cc(-c2ccccc2)c2ncc(C#N)c(NCC(C)(C)C)c2c1)(c1ccc(F)cc1)c1cn(C2CC2)nn1. The van der Waals surface area contributed by atoms with Gasteiger partial charge in [0.15, 0.2) is 0 Å². The lowest BCUT2D eigenvalue weighted by Gasteiger charge is -2.23. The predicted molar refractivity (Wildman–Crippen MR) is 160 cm³/mol. The van der Waals surface area contributed by atoms with Crippen molar-refractivity contribution in [2.45, 2.75) is 45.7 Å². The van der Waals surface area contributed by atoms with Crippen LogP contribution in [0.4, 0.5) is 15.8 Å². The van der Waals surface area contributed by atoms with Crippen LogP contribution in [0, 0.1) is 22.6 Å². The van der Waals surface area contributed by atoms with Gasteiger partial charge in [0.05, 0.1) is 36.4 Å². The number of benzene rings is 3. The van der Waals surface area contributed by atoms with E-state index in [9.17, 15) is 11.0 Å². The van der Waals surface area contributed by atoms with Gasteiger partial charge in [-0.2, -0.15) is 5.26 Å². The molecule has 7 nitrogen and oxygen atoms in total. The van der Waals surface area contributed by atoms with Crippen LogP contribution in [0.2, 0.25) is 0 Å². The molecule has 1 aliphatic rings. The van der Waals surface area contributed by atoms with Gasteiger partial charge in [0.2, 0.25) is 0 Å². The van der Waals surface area contributed by atoms with Crippen molar-refractivity contribution in [3.05, 3.63) is 102 Å². The number of hydrogen-bond donors (Lipinski definition) is 2. The lowest BCUT2D eigenvalue weighted by molar-refractivity contribution is 0.443. The highest BCUT2D eigenvalue weighted by Crippen LogP contribution is 2.39. The van der Waals surface area contributed by atoms with Crippen molar-refractivity contribution in [1.82, 2.24) is 20.0 Å². The molecule has 0 unspecified atom stereocenters. The van der Waals surface area contributed by atoms with E-state index in [1.807, 2.05) is 42.5 Å². The maximum atomic E-state index is 14.0. The van der Waals surface area contributed by atoms with Crippen LogP contribution in [0.25, 0.3) is 22.0 Å². The number of nitrogens with zero attached hydrogens (tertiary/aromatic N) is 5. The third-order valence-corrected chi connectivity index (χ3v) is 7.06. The van der Waals surface area contributed by atoms with Gasteiger partial charge in [-0.3, -0.25) is 4.98 Å². The second kappa shape index (κ2) is 10.7. The minimum absolute atomic E-state index is 0.0350. The van der Waals surface area contributed by atoms with Crippen molar-refractivity contribution >= 4 is 22.3 Å². The summed E-state index contributed by atoms with van der Waals surface area (Å²) in [6.07, 6.45) is 5.46. The Hall–Kier alpha value is -4.77. The van der Waals surface area contributed by atoms with Gasteiger partial charge in [0.25, 0.3) is 0 Å². The highest BCUT2D eigenvalue weighted by atomic mass is 19.1. The van der Waals surface area contributed by atoms with Crippen molar-refractivity contribution in [2.24, 2.45) is 5.41 Å². The molecule has 0 bridgehead atoms. The fourth-order valence-corrected chi connectivity index (χ4v) is 4.80. The summed E-state index contributed by atoms with van der Waals surface area (Å²) in [5.74, 6) is -0.385. The number of pyridine rings is 1. The maximum Gasteiger partial charge on any atom is 0.123 e. The van der Waals surface area contributed by atoms with Crippen LogP contribution in [-0.4, -0.2) is 26.5 Å². The molecule has 2 heterocycles. The van der Waals surface area contributed by atoms with Crippen molar-refractivity contribution in [1.29, 1.82) is 5.26 Å². The van der Waals surface area contributed by atoms with E-state index in [0.29, 0.717) is 40.8 Å². The minimum atomic E-state index is -1.58. The van der Waals surface area contributed by atoms with Gasteiger partial charge < -0.3 is 10.6 Å². The Bertz CT molecular complexity index is 1780. The first kappa shape index (κ1) is 25.2. The van der Waals surface area contributed by atoms with E-state index < -0.39 is 6.02 Å². The zero-order valence-corrected chi connectivity index (χ0v) is 23.3. The first-order valence-electron chi connectivity index (χ1n) is 14.3. The summed E-state index contributed by atoms with van der Waals surface area (Å²) in [6, 6.07) is 20.7. The number of fused-ring (bicyclic) bond motifs is 1. The molecule has 2 aromatic heterocycles. The molecule has 41 heavy (non-hydrogen) atoms. The van der Waals surface area contributed by atoms with Crippen LogP contribution in [0.3, 0.4) is 0 Å². The largest absolute Gasteiger partial charge is 0.383 e. The van der Waals surface area contributed by atoms with Gasteiger partial charge in [-0.15, -0.1) is 5.10 Å². The molecule has 1 saturated carbocycles. The molecule has 8 heteroatoms. The van der Waals surface area contributed by atoms with Gasteiger partial charge in [-0.05, 0) is 53.6 Å². The first-order valence-corrected chi connectivity index (χ1v) is 13.8. The number of halogens is 1. The Labute approximate surface area is 240 Å². The van der Waals surface area contributed by atoms with E-state index in [2.05, 4.69) is 47.8 Å². The van der Waals surface area contributed by atoms with Crippen molar-refractivity contribution in [3.63, 3.8) is 0 Å². The van der Waals surface area contributed by atoms with Crippen LogP contribution in [0.5, 0.6) is 0 Å². The summed E-state index contributed by atoms with van der Waals surface area (Å²) < 4.78 is 25.5. The molecular weight excluding hydrogens is 513 g/mol. The molecular formula is C33H32FN7. The molecule has 0 aliphatic heterocycles. The van der Waals surface area contributed by atoms with Gasteiger partial charge in [0, 0.05) is 29.4 Å². The predicted octanol–water partition coefficient (Wildman–Crippen LogP) is 7.50. The van der Waals surface area contributed by atoms with Crippen molar-refractivity contribution in [3.8, 4) is 17.2 Å². The molecule has 1 atom stereocenters. The number of rotatable bonds is 8.